The Balaban J connectivity index is 2.66. The van der Waals surface area contributed by atoms with E-state index in [0.717, 1.165) is 5.82 Å². The summed E-state index contributed by atoms with van der Waals surface area (Å²) in [6, 6.07) is 3.18. The number of aromatic nitrogens is 3. The third kappa shape index (κ3) is 1.56. The van der Waals surface area contributed by atoms with Crippen LogP contribution in [0.3, 0.4) is 0 Å². The van der Waals surface area contributed by atoms with Gasteiger partial charge in [-0.15, -0.1) is 10.2 Å². The highest BCUT2D eigenvalue weighted by molar-refractivity contribution is 5.87. The number of carboxylic acid groups (broad SMARTS) is 1. The molecule has 0 amide bonds. The van der Waals surface area contributed by atoms with Crippen LogP contribution in [0.25, 0.3) is 5.65 Å². The average molecular weight is 205 g/mol. The Morgan fingerprint density at radius 2 is 2.13 bits per heavy atom. The Morgan fingerprint density at radius 3 is 2.73 bits per heavy atom. The molecule has 0 aliphatic heterocycles. The molecular weight excluding hydrogens is 194 g/mol. The molecule has 0 spiro atoms. The first-order valence-corrected chi connectivity index (χ1v) is 4.67. The molecular formula is C10H11N3O2. The minimum atomic E-state index is -0.944. The molecule has 1 N–H and O–H groups in total. The zero-order chi connectivity index (χ0) is 11.0. The molecule has 0 radical (unpaired) electrons. The van der Waals surface area contributed by atoms with Crippen LogP contribution in [0.1, 0.15) is 35.9 Å². The minimum Gasteiger partial charge on any atom is -0.478 e. The Labute approximate surface area is 86.4 Å². The summed E-state index contributed by atoms with van der Waals surface area (Å²) in [6.45, 7) is 3.98. The lowest BCUT2D eigenvalue weighted by atomic mass is 10.2. The van der Waals surface area contributed by atoms with Crippen molar-refractivity contribution >= 4 is 11.6 Å². The summed E-state index contributed by atoms with van der Waals surface area (Å²) in [4.78, 5) is 10.8. The molecule has 2 rings (SSSR count). The van der Waals surface area contributed by atoms with Gasteiger partial charge in [0.05, 0.1) is 5.56 Å². The minimum absolute atomic E-state index is 0.212. The van der Waals surface area contributed by atoms with E-state index in [0.29, 0.717) is 5.65 Å². The zero-order valence-electron chi connectivity index (χ0n) is 8.51. The lowest BCUT2D eigenvalue weighted by Crippen LogP contribution is -2.02. The monoisotopic (exact) mass is 205 g/mol. The van der Waals surface area contributed by atoms with Crippen LogP contribution in [0, 0.1) is 0 Å². The maximum atomic E-state index is 10.8. The van der Waals surface area contributed by atoms with Crippen molar-refractivity contribution in [2.24, 2.45) is 0 Å². The highest BCUT2D eigenvalue weighted by Crippen LogP contribution is 2.14. The summed E-state index contributed by atoms with van der Waals surface area (Å²) in [6.07, 6.45) is 1.55. The lowest BCUT2D eigenvalue weighted by Gasteiger charge is -2.02. The summed E-state index contributed by atoms with van der Waals surface area (Å²) in [5, 5.41) is 16.8. The maximum absolute atomic E-state index is 10.8. The largest absolute Gasteiger partial charge is 0.478 e. The second-order valence-corrected chi connectivity index (χ2v) is 3.66. The van der Waals surface area contributed by atoms with Crippen molar-refractivity contribution < 1.29 is 9.90 Å². The maximum Gasteiger partial charge on any atom is 0.337 e. The Morgan fingerprint density at radius 1 is 1.40 bits per heavy atom. The van der Waals surface area contributed by atoms with E-state index in [9.17, 15) is 4.79 Å². The molecule has 0 saturated carbocycles. The molecule has 15 heavy (non-hydrogen) atoms. The number of hydrogen-bond donors (Lipinski definition) is 1. The first kappa shape index (κ1) is 9.64. The molecule has 0 aliphatic rings. The van der Waals surface area contributed by atoms with Crippen molar-refractivity contribution in [3.05, 3.63) is 29.7 Å². The molecule has 0 aromatic carbocycles. The Hall–Kier alpha value is -1.91. The molecule has 2 aromatic rings. The van der Waals surface area contributed by atoms with Gasteiger partial charge in [-0.3, -0.25) is 4.40 Å². The molecule has 2 heterocycles. The molecule has 2 aromatic heterocycles. The molecule has 0 atom stereocenters. The first-order chi connectivity index (χ1) is 7.09. The van der Waals surface area contributed by atoms with Crippen molar-refractivity contribution in [2.75, 3.05) is 0 Å². The van der Waals surface area contributed by atoms with E-state index in [-0.39, 0.29) is 11.5 Å². The lowest BCUT2D eigenvalue weighted by molar-refractivity contribution is 0.0696. The van der Waals surface area contributed by atoms with Gasteiger partial charge in [-0.05, 0) is 12.1 Å². The second kappa shape index (κ2) is 3.34. The summed E-state index contributed by atoms with van der Waals surface area (Å²) in [5.74, 6) is 0.0393. The summed E-state index contributed by atoms with van der Waals surface area (Å²) >= 11 is 0. The van der Waals surface area contributed by atoms with Gasteiger partial charge in [-0.1, -0.05) is 13.8 Å². The average Bonchev–Trinajstić information content (AvgIpc) is 2.59. The van der Waals surface area contributed by atoms with Gasteiger partial charge in [0.2, 0.25) is 0 Å². The van der Waals surface area contributed by atoms with E-state index in [1.807, 2.05) is 13.8 Å². The quantitative estimate of drug-likeness (QED) is 0.807. The van der Waals surface area contributed by atoms with E-state index in [2.05, 4.69) is 10.2 Å². The van der Waals surface area contributed by atoms with E-state index in [4.69, 9.17) is 5.11 Å². The fourth-order valence-corrected chi connectivity index (χ4v) is 1.43. The van der Waals surface area contributed by atoms with Gasteiger partial charge in [0.25, 0.3) is 0 Å². The molecule has 0 unspecified atom stereocenters. The van der Waals surface area contributed by atoms with E-state index >= 15 is 0 Å². The number of nitrogens with zero attached hydrogens (tertiary/aromatic N) is 3. The molecule has 0 aliphatic carbocycles. The summed E-state index contributed by atoms with van der Waals surface area (Å²) < 4.78 is 1.72. The summed E-state index contributed by atoms with van der Waals surface area (Å²) in [5.41, 5.74) is 0.910. The first-order valence-electron chi connectivity index (χ1n) is 4.67. The van der Waals surface area contributed by atoms with E-state index in [1.165, 1.54) is 6.07 Å². The third-order valence-electron chi connectivity index (χ3n) is 2.19. The molecule has 0 saturated heterocycles. The molecule has 5 heteroatoms. The molecule has 78 valence electrons. The third-order valence-corrected chi connectivity index (χ3v) is 2.19. The van der Waals surface area contributed by atoms with Crippen molar-refractivity contribution in [1.82, 2.24) is 14.6 Å². The predicted molar refractivity (Wildman–Crippen MR) is 54.0 cm³/mol. The standard InChI is InChI=1S/C10H11N3O2/c1-6(2)9-12-11-8-4-3-7(10(14)15)5-13(8)9/h3-6H,1-2H3,(H,14,15). The highest BCUT2D eigenvalue weighted by Gasteiger charge is 2.11. The van der Waals surface area contributed by atoms with Crippen LogP contribution >= 0.6 is 0 Å². The number of pyridine rings is 1. The fraction of sp³-hybridized carbons (Fsp3) is 0.300. The van der Waals surface area contributed by atoms with Crippen molar-refractivity contribution in [1.29, 1.82) is 0 Å². The van der Waals surface area contributed by atoms with E-state index in [1.54, 1.807) is 16.7 Å². The topological polar surface area (TPSA) is 67.5 Å². The summed E-state index contributed by atoms with van der Waals surface area (Å²) in [7, 11) is 0. The fourth-order valence-electron chi connectivity index (χ4n) is 1.43. The van der Waals surface area contributed by atoms with Crippen molar-refractivity contribution in [2.45, 2.75) is 19.8 Å². The van der Waals surface area contributed by atoms with Crippen LogP contribution < -0.4 is 0 Å². The van der Waals surface area contributed by atoms with Gasteiger partial charge in [0.1, 0.15) is 5.82 Å². The predicted octanol–water partition coefficient (Wildman–Crippen LogP) is 1.55. The Bertz CT molecular complexity index is 516. The van der Waals surface area contributed by atoms with E-state index < -0.39 is 5.97 Å². The van der Waals surface area contributed by atoms with Gasteiger partial charge < -0.3 is 5.11 Å². The van der Waals surface area contributed by atoms with Crippen LogP contribution in [0.15, 0.2) is 18.3 Å². The van der Waals surface area contributed by atoms with Crippen LogP contribution in [0.5, 0.6) is 0 Å². The normalized spacial score (nSPS) is 11.1. The smallest absolute Gasteiger partial charge is 0.337 e. The zero-order valence-corrected chi connectivity index (χ0v) is 8.51. The van der Waals surface area contributed by atoms with Crippen molar-refractivity contribution in [3.8, 4) is 0 Å². The number of fused-ring (bicyclic) bond motifs is 1. The highest BCUT2D eigenvalue weighted by atomic mass is 16.4. The number of aromatic carboxylic acids is 1. The van der Waals surface area contributed by atoms with Gasteiger partial charge >= 0.3 is 5.97 Å². The molecule has 0 bridgehead atoms. The van der Waals surface area contributed by atoms with Gasteiger partial charge in [0.15, 0.2) is 5.65 Å². The Kier molecular flexibility index (Phi) is 2.15. The van der Waals surface area contributed by atoms with Crippen LogP contribution in [0.2, 0.25) is 0 Å². The molecule has 0 fully saturated rings. The van der Waals surface area contributed by atoms with Gasteiger partial charge in [-0.2, -0.15) is 0 Å². The van der Waals surface area contributed by atoms with Crippen molar-refractivity contribution in [3.63, 3.8) is 0 Å². The van der Waals surface area contributed by atoms with Crippen LogP contribution in [0.4, 0.5) is 0 Å². The molecule has 5 nitrogen and oxygen atoms in total. The number of carbonyl (C=O) groups is 1. The van der Waals surface area contributed by atoms with Gasteiger partial charge in [-0.25, -0.2) is 4.79 Å². The van der Waals surface area contributed by atoms with Crippen LogP contribution in [-0.2, 0) is 0 Å². The number of rotatable bonds is 2. The number of carboxylic acids is 1. The van der Waals surface area contributed by atoms with Crippen LogP contribution in [-0.4, -0.2) is 25.7 Å². The number of hydrogen-bond acceptors (Lipinski definition) is 3. The second-order valence-electron chi connectivity index (χ2n) is 3.66. The van der Waals surface area contributed by atoms with Gasteiger partial charge in [0, 0.05) is 12.1 Å². The SMILES string of the molecule is CC(C)c1nnc2ccc(C(=O)O)cn12.